The molecule has 0 atom stereocenters. The van der Waals surface area contributed by atoms with E-state index in [9.17, 15) is 9.59 Å². The number of ether oxygens (including phenoxy) is 2. The fraction of sp³-hybridized carbons (Fsp3) is 0.333. The van der Waals surface area contributed by atoms with Crippen molar-refractivity contribution in [1.29, 1.82) is 0 Å². The molecule has 2 amide bonds. The SMILES string of the molecule is CC(C)CNC(=O)c1ccccc1NC(=O)COCCOc1ccccc1. The monoisotopic (exact) mass is 370 g/mol. The second-order valence-corrected chi connectivity index (χ2v) is 6.41. The fourth-order valence-corrected chi connectivity index (χ4v) is 2.27. The van der Waals surface area contributed by atoms with Crippen LogP contribution >= 0.6 is 0 Å². The number of anilines is 1. The minimum atomic E-state index is -0.321. The molecule has 6 nitrogen and oxygen atoms in total. The number of rotatable bonds is 10. The molecule has 0 saturated heterocycles. The summed E-state index contributed by atoms with van der Waals surface area (Å²) in [7, 11) is 0. The number of hydrogen-bond acceptors (Lipinski definition) is 4. The van der Waals surface area contributed by atoms with Crippen LogP contribution in [0.5, 0.6) is 5.75 Å². The van der Waals surface area contributed by atoms with Gasteiger partial charge in [0.05, 0.1) is 17.9 Å². The van der Waals surface area contributed by atoms with Crippen molar-refractivity contribution in [2.45, 2.75) is 13.8 Å². The van der Waals surface area contributed by atoms with Gasteiger partial charge in [0.25, 0.3) is 5.91 Å². The van der Waals surface area contributed by atoms with Gasteiger partial charge in [0.2, 0.25) is 5.91 Å². The molecule has 2 aromatic rings. The molecule has 0 heterocycles. The van der Waals surface area contributed by atoms with E-state index in [-0.39, 0.29) is 18.4 Å². The van der Waals surface area contributed by atoms with Crippen LogP contribution in [0.3, 0.4) is 0 Å². The number of carbonyl (C=O) groups is 2. The van der Waals surface area contributed by atoms with Gasteiger partial charge in [-0.3, -0.25) is 9.59 Å². The summed E-state index contributed by atoms with van der Waals surface area (Å²) in [5, 5.41) is 5.57. The molecule has 2 aromatic carbocycles. The first-order valence-corrected chi connectivity index (χ1v) is 8.99. The van der Waals surface area contributed by atoms with E-state index >= 15 is 0 Å². The molecule has 0 aliphatic carbocycles. The van der Waals surface area contributed by atoms with E-state index in [2.05, 4.69) is 10.6 Å². The van der Waals surface area contributed by atoms with Crippen molar-refractivity contribution in [2.75, 3.05) is 31.7 Å². The Kier molecular flexibility index (Phi) is 8.32. The highest BCUT2D eigenvalue weighted by atomic mass is 16.5. The van der Waals surface area contributed by atoms with E-state index in [1.807, 2.05) is 44.2 Å². The minimum absolute atomic E-state index is 0.111. The van der Waals surface area contributed by atoms with Gasteiger partial charge in [-0.15, -0.1) is 0 Å². The molecule has 0 saturated carbocycles. The molecule has 0 unspecified atom stereocenters. The molecule has 0 aromatic heterocycles. The van der Waals surface area contributed by atoms with Gasteiger partial charge in [0, 0.05) is 6.54 Å². The predicted molar refractivity (Wildman–Crippen MR) is 105 cm³/mol. The first kappa shape index (κ1) is 20.5. The van der Waals surface area contributed by atoms with E-state index in [1.165, 1.54) is 0 Å². The van der Waals surface area contributed by atoms with Crippen LogP contribution in [0.2, 0.25) is 0 Å². The summed E-state index contributed by atoms with van der Waals surface area (Å²) in [6, 6.07) is 16.3. The predicted octanol–water partition coefficient (Wildman–Crippen LogP) is 3.11. The highest BCUT2D eigenvalue weighted by Crippen LogP contribution is 2.15. The third-order valence-corrected chi connectivity index (χ3v) is 3.59. The van der Waals surface area contributed by atoms with E-state index < -0.39 is 0 Å². The van der Waals surface area contributed by atoms with Gasteiger partial charge in [-0.1, -0.05) is 44.2 Å². The van der Waals surface area contributed by atoms with Crippen molar-refractivity contribution in [3.8, 4) is 5.75 Å². The van der Waals surface area contributed by atoms with Gasteiger partial charge in [-0.25, -0.2) is 0 Å². The van der Waals surface area contributed by atoms with Gasteiger partial charge in [0.1, 0.15) is 19.0 Å². The van der Waals surface area contributed by atoms with E-state index in [0.717, 1.165) is 5.75 Å². The number of benzene rings is 2. The number of hydrogen-bond donors (Lipinski definition) is 2. The Balaban J connectivity index is 1.76. The Labute approximate surface area is 159 Å². The zero-order chi connectivity index (χ0) is 19.5. The van der Waals surface area contributed by atoms with Crippen molar-refractivity contribution in [2.24, 2.45) is 5.92 Å². The summed E-state index contributed by atoms with van der Waals surface area (Å²) in [5.74, 6) is 0.574. The molecule has 0 spiro atoms. The zero-order valence-electron chi connectivity index (χ0n) is 15.7. The van der Waals surface area contributed by atoms with E-state index in [4.69, 9.17) is 9.47 Å². The minimum Gasteiger partial charge on any atom is -0.491 e. The summed E-state index contributed by atoms with van der Waals surface area (Å²) >= 11 is 0. The summed E-state index contributed by atoms with van der Waals surface area (Å²) in [6.45, 7) is 5.15. The van der Waals surface area contributed by atoms with E-state index in [1.54, 1.807) is 24.3 Å². The second-order valence-electron chi connectivity index (χ2n) is 6.41. The number of para-hydroxylation sites is 2. The first-order valence-electron chi connectivity index (χ1n) is 8.99. The normalized spacial score (nSPS) is 10.5. The van der Waals surface area contributed by atoms with Gasteiger partial charge in [-0.2, -0.15) is 0 Å². The van der Waals surface area contributed by atoms with Gasteiger partial charge in [-0.05, 0) is 30.2 Å². The topological polar surface area (TPSA) is 76.7 Å². The number of carbonyl (C=O) groups excluding carboxylic acids is 2. The van der Waals surface area contributed by atoms with Crippen molar-refractivity contribution in [3.05, 3.63) is 60.2 Å². The molecule has 0 bridgehead atoms. The molecule has 0 fully saturated rings. The lowest BCUT2D eigenvalue weighted by molar-refractivity contribution is -0.120. The highest BCUT2D eigenvalue weighted by Gasteiger charge is 2.13. The van der Waals surface area contributed by atoms with Crippen LogP contribution in [-0.4, -0.2) is 38.2 Å². The number of nitrogens with one attached hydrogen (secondary N) is 2. The molecular weight excluding hydrogens is 344 g/mol. The van der Waals surface area contributed by atoms with Gasteiger partial charge in [0.15, 0.2) is 0 Å². The van der Waals surface area contributed by atoms with Crippen LogP contribution in [-0.2, 0) is 9.53 Å². The zero-order valence-corrected chi connectivity index (χ0v) is 15.7. The fourth-order valence-electron chi connectivity index (χ4n) is 2.27. The van der Waals surface area contributed by atoms with Crippen molar-refractivity contribution in [3.63, 3.8) is 0 Å². The van der Waals surface area contributed by atoms with Gasteiger partial charge < -0.3 is 20.1 Å². The third kappa shape index (κ3) is 7.50. The maximum Gasteiger partial charge on any atom is 0.253 e. The Hall–Kier alpha value is -2.86. The third-order valence-electron chi connectivity index (χ3n) is 3.59. The largest absolute Gasteiger partial charge is 0.491 e. The Morgan fingerprint density at radius 3 is 2.41 bits per heavy atom. The lowest BCUT2D eigenvalue weighted by Gasteiger charge is -2.12. The average Bonchev–Trinajstić information content (AvgIpc) is 2.67. The second kappa shape index (κ2) is 11.0. The standard InChI is InChI=1S/C21H26N2O4/c1-16(2)14-22-21(25)18-10-6-7-11-19(18)23-20(24)15-26-12-13-27-17-8-4-3-5-9-17/h3-11,16H,12-15H2,1-2H3,(H,22,25)(H,23,24). The van der Waals surface area contributed by atoms with Crippen LogP contribution in [0, 0.1) is 5.92 Å². The molecule has 0 aliphatic heterocycles. The smallest absolute Gasteiger partial charge is 0.253 e. The molecule has 27 heavy (non-hydrogen) atoms. The first-order chi connectivity index (χ1) is 13.1. The molecule has 0 radical (unpaired) electrons. The Morgan fingerprint density at radius 1 is 0.963 bits per heavy atom. The Bertz CT molecular complexity index is 732. The Morgan fingerprint density at radius 2 is 1.67 bits per heavy atom. The maximum absolute atomic E-state index is 12.3. The molecule has 6 heteroatoms. The van der Waals surface area contributed by atoms with Crippen LogP contribution in [0.25, 0.3) is 0 Å². The van der Waals surface area contributed by atoms with Crippen molar-refractivity contribution < 1.29 is 19.1 Å². The van der Waals surface area contributed by atoms with E-state index in [0.29, 0.717) is 36.9 Å². The quantitative estimate of drug-likeness (QED) is 0.630. The molecule has 2 rings (SSSR count). The van der Waals surface area contributed by atoms with Crippen LogP contribution in [0.4, 0.5) is 5.69 Å². The summed E-state index contributed by atoms with van der Waals surface area (Å²) in [4.78, 5) is 24.4. The molecular formula is C21H26N2O4. The van der Waals surface area contributed by atoms with Crippen molar-refractivity contribution in [1.82, 2.24) is 5.32 Å². The molecule has 2 N–H and O–H groups in total. The summed E-state index contributed by atoms with van der Waals surface area (Å²) < 4.78 is 10.8. The molecule has 144 valence electrons. The summed E-state index contributed by atoms with van der Waals surface area (Å²) in [5.41, 5.74) is 0.895. The van der Waals surface area contributed by atoms with Crippen molar-refractivity contribution >= 4 is 17.5 Å². The number of amides is 2. The molecule has 0 aliphatic rings. The van der Waals surface area contributed by atoms with Crippen LogP contribution in [0.15, 0.2) is 54.6 Å². The lowest BCUT2D eigenvalue weighted by atomic mass is 10.1. The van der Waals surface area contributed by atoms with Crippen LogP contribution in [0.1, 0.15) is 24.2 Å². The highest BCUT2D eigenvalue weighted by molar-refractivity contribution is 6.03. The average molecular weight is 370 g/mol. The maximum atomic E-state index is 12.3. The van der Waals surface area contributed by atoms with Gasteiger partial charge >= 0.3 is 0 Å². The lowest BCUT2D eigenvalue weighted by Crippen LogP contribution is -2.29. The summed E-state index contributed by atoms with van der Waals surface area (Å²) in [6.07, 6.45) is 0. The van der Waals surface area contributed by atoms with Crippen LogP contribution < -0.4 is 15.4 Å².